The molecule has 1 heterocycles. The molecule has 0 spiro atoms. The minimum atomic E-state index is -0.689. The van der Waals surface area contributed by atoms with Gasteiger partial charge in [0.15, 0.2) is 5.69 Å². The molecule has 0 bridgehead atoms. The van der Waals surface area contributed by atoms with Crippen LogP contribution in [0.2, 0.25) is 0 Å². The van der Waals surface area contributed by atoms with Gasteiger partial charge in [-0.15, -0.1) is 0 Å². The lowest BCUT2D eigenvalue weighted by Crippen LogP contribution is -2.09. The number of rotatable bonds is 4. The molecule has 2 rings (SSSR count). The first-order chi connectivity index (χ1) is 9.58. The number of hydrogen-bond donors (Lipinski definition) is 2. The normalized spacial score (nSPS) is 10.6. The molecule has 0 saturated carbocycles. The zero-order valence-electron chi connectivity index (χ0n) is 10.1. The average Bonchev–Trinajstić information content (AvgIpc) is 2.91. The van der Waals surface area contributed by atoms with Gasteiger partial charge in [-0.25, -0.2) is 0 Å². The monoisotopic (exact) mass is 274 g/mol. The predicted octanol–water partition coefficient (Wildman–Crippen LogP) is 2.55. The first-order valence-corrected chi connectivity index (χ1v) is 5.57. The molecule has 0 unspecified atom stereocenters. The summed E-state index contributed by atoms with van der Waals surface area (Å²) in [5.74, 6) is -0.531. The minimum absolute atomic E-state index is 0.244. The Morgan fingerprint density at radius 3 is 2.80 bits per heavy atom. The van der Waals surface area contributed by atoms with Crippen LogP contribution in [0, 0.1) is 10.1 Å². The Balaban J connectivity index is 2.18. The number of nitrogens with one attached hydrogen (secondary N) is 1. The van der Waals surface area contributed by atoms with Crippen LogP contribution in [-0.4, -0.2) is 15.9 Å². The summed E-state index contributed by atoms with van der Waals surface area (Å²) >= 11 is 0. The molecule has 0 aliphatic rings. The summed E-state index contributed by atoms with van der Waals surface area (Å²) in [6, 6.07) is 7.06. The Morgan fingerprint density at radius 2 is 2.15 bits per heavy atom. The van der Waals surface area contributed by atoms with E-state index in [1.54, 1.807) is 12.1 Å². The van der Waals surface area contributed by atoms with Crippen molar-refractivity contribution in [1.29, 1.82) is 0 Å². The number of nitro groups is 1. The Kier molecular flexibility index (Phi) is 3.80. The van der Waals surface area contributed by atoms with E-state index in [4.69, 9.17) is 4.42 Å². The number of phenols is 1. The Morgan fingerprint density at radius 1 is 1.35 bits per heavy atom. The number of anilines is 1. The van der Waals surface area contributed by atoms with Gasteiger partial charge in [0, 0.05) is 12.1 Å². The first-order valence-electron chi connectivity index (χ1n) is 5.57. The molecule has 0 aliphatic heterocycles. The van der Waals surface area contributed by atoms with Crippen molar-refractivity contribution in [3.05, 3.63) is 58.5 Å². The SMILES string of the molecule is O=C(/C=C/c1ccco1)Nc1c(O)cccc1[N+](=O)[O-]. The van der Waals surface area contributed by atoms with E-state index in [1.165, 1.54) is 30.5 Å². The number of carbonyl (C=O) groups is 1. The maximum Gasteiger partial charge on any atom is 0.296 e. The molecule has 20 heavy (non-hydrogen) atoms. The van der Waals surface area contributed by atoms with Gasteiger partial charge < -0.3 is 14.8 Å². The van der Waals surface area contributed by atoms with E-state index < -0.39 is 10.8 Å². The predicted molar refractivity (Wildman–Crippen MR) is 71.1 cm³/mol. The quantitative estimate of drug-likeness (QED) is 0.385. The van der Waals surface area contributed by atoms with Crippen LogP contribution in [-0.2, 0) is 4.79 Å². The zero-order chi connectivity index (χ0) is 14.5. The summed E-state index contributed by atoms with van der Waals surface area (Å²) in [6.07, 6.45) is 4.00. The second kappa shape index (κ2) is 5.70. The van der Waals surface area contributed by atoms with Crippen LogP contribution >= 0.6 is 0 Å². The van der Waals surface area contributed by atoms with Gasteiger partial charge in [-0.2, -0.15) is 0 Å². The summed E-state index contributed by atoms with van der Waals surface area (Å²) in [4.78, 5) is 21.8. The molecule has 0 aliphatic carbocycles. The van der Waals surface area contributed by atoms with Crippen molar-refractivity contribution in [1.82, 2.24) is 0 Å². The van der Waals surface area contributed by atoms with Crippen LogP contribution in [0.15, 0.2) is 47.1 Å². The fourth-order valence-electron chi connectivity index (χ4n) is 1.52. The second-order valence-corrected chi connectivity index (χ2v) is 3.77. The van der Waals surface area contributed by atoms with Crippen molar-refractivity contribution in [3.8, 4) is 5.75 Å². The number of nitro benzene ring substituents is 1. The molecule has 0 saturated heterocycles. The van der Waals surface area contributed by atoms with E-state index in [0.29, 0.717) is 5.76 Å². The maximum absolute atomic E-state index is 11.7. The number of phenolic OH excluding ortho intramolecular Hbond substituents is 1. The highest BCUT2D eigenvalue weighted by Gasteiger charge is 2.18. The van der Waals surface area contributed by atoms with Crippen molar-refractivity contribution in [2.75, 3.05) is 5.32 Å². The largest absolute Gasteiger partial charge is 0.505 e. The third-order valence-corrected chi connectivity index (χ3v) is 2.41. The van der Waals surface area contributed by atoms with Gasteiger partial charge in [0.25, 0.3) is 5.69 Å². The van der Waals surface area contributed by atoms with Crippen molar-refractivity contribution < 1.29 is 19.2 Å². The van der Waals surface area contributed by atoms with E-state index in [0.717, 1.165) is 6.08 Å². The summed E-state index contributed by atoms with van der Waals surface area (Å²) < 4.78 is 5.00. The molecular weight excluding hydrogens is 264 g/mol. The molecular formula is C13H10N2O5. The van der Waals surface area contributed by atoms with Crippen molar-refractivity contribution in [3.63, 3.8) is 0 Å². The highest BCUT2D eigenvalue weighted by molar-refractivity contribution is 6.04. The van der Waals surface area contributed by atoms with Gasteiger partial charge in [-0.05, 0) is 24.3 Å². The fraction of sp³-hybridized carbons (Fsp3) is 0. The minimum Gasteiger partial charge on any atom is -0.505 e. The number of nitrogens with zero attached hydrogens (tertiary/aromatic N) is 1. The number of carbonyl (C=O) groups excluding carboxylic acids is 1. The third kappa shape index (κ3) is 3.02. The molecule has 1 aromatic carbocycles. The molecule has 7 heteroatoms. The lowest BCUT2D eigenvalue weighted by molar-refractivity contribution is -0.384. The number of furan rings is 1. The van der Waals surface area contributed by atoms with Crippen LogP contribution in [0.5, 0.6) is 5.75 Å². The molecule has 7 nitrogen and oxygen atoms in total. The van der Waals surface area contributed by atoms with Crippen LogP contribution in [0.25, 0.3) is 6.08 Å². The van der Waals surface area contributed by atoms with E-state index in [-0.39, 0.29) is 17.1 Å². The highest BCUT2D eigenvalue weighted by atomic mass is 16.6. The standard InChI is InChI=1S/C13H10N2O5/c16-11-5-1-4-10(15(18)19)13(11)14-12(17)7-6-9-3-2-8-20-9/h1-8,16H,(H,14,17)/b7-6+. The average molecular weight is 274 g/mol. The molecule has 102 valence electrons. The molecule has 0 fully saturated rings. The highest BCUT2D eigenvalue weighted by Crippen LogP contribution is 2.32. The number of aromatic hydroxyl groups is 1. The van der Waals surface area contributed by atoms with Crippen LogP contribution in [0.3, 0.4) is 0 Å². The second-order valence-electron chi connectivity index (χ2n) is 3.77. The molecule has 2 N–H and O–H groups in total. The topological polar surface area (TPSA) is 106 Å². The van der Waals surface area contributed by atoms with Crippen molar-refractivity contribution in [2.24, 2.45) is 0 Å². The summed E-state index contributed by atoms with van der Waals surface area (Å²) in [5.41, 5.74) is -0.628. The summed E-state index contributed by atoms with van der Waals surface area (Å²) in [5, 5.41) is 22.7. The smallest absolute Gasteiger partial charge is 0.296 e. The van der Waals surface area contributed by atoms with Crippen LogP contribution < -0.4 is 5.32 Å². The van der Waals surface area contributed by atoms with Crippen LogP contribution in [0.4, 0.5) is 11.4 Å². The number of amides is 1. The van der Waals surface area contributed by atoms with Gasteiger partial charge in [0.05, 0.1) is 11.2 Å². The number of hydrogen-bond acceptors (Lipinski definition) is 5. The summed E-state index contributed by atoms with van der Waals surface area (Å²) in [6.45, 7) is 0. The molecule has 1 amide bonds. The Labute approximate surface area is 113 Å². The number of benzene rings is 1. The summed E-state index contributed by atoms with van der Waals surface area (Å²) in [7, 11) is 0. The maximum atomic E-state index is 11.7. The fourth-order valence-corrected chi connectivity index (χ4v) is 1.52. The first kappa shape index (κ1) is 13.3. The van der Waals surface area contributed by atoms with E-state index in [9.17, 15) is 20.0 Å². The molecule has 1 aromatic heterocycles. The molecule has 2 aromatic rings. The van der Waals surface area contributed by atoms with Crippen molar-refractivity contribution in [2.45, 2.75) is 0 Å². The van der Waals surface area contributed by atoms with Gasteiger partial charge in [-0.3, -0.25) is 14.9 Å². The zero-order valence-corrected chi connectivity index (χ0v) is 10.1. The lowest BCUT2D eigenvalue weighted by Gasteiger charge is -2.05. The molecule has 0 radical (unpaired) electrons. The van der Waals surface area contributed by atoms with Crippen molar-refractivity contribution >= 4 is 23.4 Å². The Bertz CT molecular complexity index is 661. The third-order valence-electron chi connectivity index (χ3n) is 2.41. The van der Waals surface area contributed by atoms with E-state index >= 15 is 0 Å². The van der Waals surface area contributed by atoms with E-state index in [2.05, 4.69) is 5.32 Å². The van der Waals surface area contributed by atoms with Crippen LogP contribution in [0.1, 0.15) is 5.76 Å². The van der Waals surface area contributed by atoms with E-state index in [1.807, 2.05) is 0 Å². The van der Waals surface area contributed by atoms with Gasteiger partial charge in [0.2, 0.25) is 5.91 Å². The molecule has 0 atom stereocenters. The lowest BCUT2D eigenvalue weighted by atomic mass is 10.2. The number of para-hydroxylation sites is 1. The van der Waals surface area contributed by atoms with Gasteiger partial charge in [0.1, 0.15) is 11.5 Å². The van der Waals surface area contributed by atoms with Gasteiger partial charge >= 0.3 is 0 Å². The van der Waals surface area contributed by atoms with Gasteiger partial charge in [-0.1, -0.05) is 6.07 Å². The Hall–Kier alpha value is -3.09.